The summed E-state index contributed by atoms with van der Waals surface area (Å²) in [5.74, 6) is -2.35. The maximum atomic E-state index is 11.9. The van der Waals surface area contributed by atoms with Gasteiger partial charge in [-0.25, -0.2) is 4.79 Å². The number of carbonyl (C=O) groups excluding carboxylic acids is 2. The molecule has 102 valence electrons. The summed E-state index contributed by atoms with van der Waals surface area (Å²) < 4.78 is 5.91. The molecule has 1 fully saturated rings. The summed E-state index contributed by atoms with van der Waals surface area (Å²) in [6, 6.07) is 0. The van der Waals surface area contributed by atoms with Gasteiger partial charge in [-0.15, -0.1) is 0 Å². The van der Waals surface area contributed by atoms with Crippen LogP contribution in [0.2, 0.25) is 0 Å². The lowest BCUT2D eigenvalue weighted by Gasteiger charge is -2.17. The van der Waals surface area contributed by atoms with Crippen LogP contribution in [0, 0.1) is 5.92 Å². The number of aromatic nitrogens is 2. The second-order valence-corrected chi connectivity index (χ2v) is 4.24. The molecule has 1 atom stereocenters. The first-order chi connectivity index (χ1) is 8.95. The van der Waals surface area contributed by atoms with Crippen LogP contribution >= 0.6 is 0 Å². The average molecular weight is 267 g/mol. The van der Waals surface area contributed by atoms with Crippen molar-refractivity contribution in [3.8, 4) is 0 Å². The fourth-order valence-electron chi connectivity index (χ4n) is 2.14. The van der Waals surface area contributed by atoms with Crippen molar-refractivity contribution in [2.45, 2.75) is 6.42 Å². The van der Waals surface area contributed by atoms with E-state index >= 15 is 0 Å². The fraction of sp³-hybridized carbons (Fsp3) is 0.455. The maximum absolute atomic E-state index is 11.9. The number of amides is 1. The molecule has 1 aromatic heterocycles. The van der Waals surface area contributed by atoms with E-state index in [-0.39, 0.29) is 30.3 Å². The number of carbonyl (C=O) groups is 3. The van der Waals surface area contributed by atoms with Crippen LogP contribution in [0.4, 0.5) is 5.82 Å². The number of rotatable bonds is 3. The van der Waals surface area contributed by atoms with Gasteiger partial charge >= 0.3 is 11.9 Å². The third-order valence-electron chi connectivity index (χ3n) is 3.05. The van der Waals surface area contributed by atoms with Gasteiger partial charge in [0.25, 0.3) is 0 Å². The molecule has 0 saturated carbocycles. The molecule has 0 radical (unpaired) electrons. The molecule has 8 nitrogen and oxygen atoms in total. The number of hydrogen-bond acceptors (Lipinski definition) is 5. The van der Waals surface area contributed by atoms with Crippen molar-refractivity contribution < 1.29 is 24.2 Å². The molecule has 1 N–H and O–H groups in total. The highest BCUT2D eigenvalue weighted by Crippen LogP contribution is 2.28. The van der Waals surface area contributed by atoms with Crippen molar-refractivity contribution in [1.82, 2.24) is 9.78 Å². The predicted molar refractivity (Wildman–Crippen MR) is 62.6 cm³/mol. The molecule has 0 aliphatic carbocycles. The molecule has 1 aliphatic rings. The zero-order chi connectivity index (χ0) is 14.2. The Morgan fingerprint density at radius 3 is 2.79 bits per heavy atom. The van der Waals surface area contributed by atoms with Crippen molar-refractivity contribution in [2.75, 3.05) is 18.6 Å². The van der Waals surface area contributed by atoms with Crippen LogP contribution in [0.25, 0.3) is 0 Å². The van der Waals surface area contributed by atoms with E-state index in [0.717, 1.165) is 0 Å². The highest BCUT2D eigenvalue weighted by atomic mass is 16.5. The number of carboxylic acid groups (broad SMARTS) is 1. The van der Waals surface area contributed by atoms with Gasteiger partial charge in [-0.2, -0.15) is 5.10 Å². The van der Waals surface area contributed by atoms with Crippen LogP contribution < -0.4 is 4.90 Å². The molecule has 0 spiro atoms. The molecule has 0 bridgehead atoms. The quantitative estimate of drug-likeness (QED) is 0.751. The first kappa shape index (κ1) is 13.1. The first-order valence-corrected chi connectivity index (χ1v) is 5.59. The van der Waals surface area contributed by atoms with Crippen LogP contribution in [0.1, 0.15) is 16.8 Å². The van der Waals surface area contributed by atoms with Gasteiger partial charge in [-0.1, -0.05) is 0 Å². The zero-order valence-corrected chi connectivity index (χ0v) is 10.5. The second-order valence-electron chi connectivity index (χ2n) is 4.24. The highest BCUT2D eigenvalue weighted by Gasteiger charge is 2.38. The Labute approximate surface area is 108 Å². The standard InChI is InChI=1S/C11H13N3O5/c1-13-9(7(4-12-13)10(16)17)14-5-6(3-8(14)15)11(18)19-2/h4,6H,3,5H2,1-2H3,(H,16,17). The van der Waals surface area contributed by atoms with E-state index in [4.69, 9.17) is 5.11 Å². The number of carboxylic acids is 1. The molecular weight excluding hydrogens is 254 g/mol. The Morgan fingerprint density at radius 2 is 2.21 bits per heavy atom. The minimum absolute atomic E-state index is 0.0108. The molecule has 1 amide bonds. The number of hydrogen-bond donors (Lipinski definition) is 1. The van der Waals surface area contributed by atoms with Crippen LogP contribution in [0.5, 0.6) is 0 Å². The molecule has 1 aromatic rings. The lowest BCUT2D eigenvalue weighted by atomic mass is 10.1. The van der Waals surface area contributed by atoms with E-state index in [0.29, 0.717) is 0 Å². The summed E-state index contributed by atoms with van der Waals surface area (Å²) in [6.45, 7) is 0.103. The number of aryl methyl sites for hydroxylation is 1. The third-order valence-corrected chi connectivity index (χ3v) is 3.05. The molecule has 1 aliphatic heterocycles. The SMILES string of the molecule is COC(=O)C1CC(=O)N(c2c(C(=O)O)cnn2C)C1. The van der Waals surface area contributed by atoms with E-state index in [1.165, 1.54) is 22.9 Å². The van der Waals surface area contributed by atoms with Crippen molar-refractivity contribution in [1.29, 1.82) is 0 Å². The van der Waals surface area contributed by atoms with E-state index < -0.39 is 17.9 Å². The Bertz CT molecular complexity index is 551. The normalized spacial score (nSPS) is 18.7. The molecule has 1 unspecified atom stereocenters. The number of aromatic carboxylic acids is 1. The molecule has 8 heteroatoms. The molecule has 1 saturated heterocycles. The molecule has 2 heterocycles. The monoisotopic (exact) mass is 267 g/mol. The zero-order valence-electron chi connectivity index (χ0n) is 10.5. The Balaban J connectivity index is 2.33. The summed E-state index contributed by atoms with van der Waals surface area (Å²) in [4.78, 5) is 35.7. The van der Waals surface area contributed by atoms with Gasteiger partial charge in [0.05, 0.1) is 19.2 Å². The van der Waals surface area contributed by atoms with Gasteiger partial charge in [0.1, 0.15) is 11.4 Å². The van der Waals surface area contributed by atoms with E-state index in [9.17, 15) is 14.4 Å². The Hall–Kier alpha value is -2.38. The van der Waals surface area contributed by atoms with Crippen molar-refractivity contribution >= 4 is 23.7 Å². The minimum Gasteiger partial charge on any atom is -0.477 e. The van der Waals surface area contributed by atoms with Gasteiger partial charge in [-0.05, 0) is 0 Å². The van der Waals surface area contributed by atoms with Crippen LogP contribution in [0.15, 0.2) is 6.20 Å². The average Bonchev–Trinajstić information content (AvgIpc) is 2.91. The number of methoxy groups -OCH3 is 1. The number of anilines is 1. The molecule has 0 aromatic carbocycles. The highest BCUT2D eigenvalue weighted by molar-refractivity contribution is 6.03. The van der Waals surface area contributed by atoms with Crippen molar-refractivity contribution in [3.05, 3.63) is 11.8 Å². The largest absolute Gasteiger partial charge is 0.477 e. The van der Waals surface area contributed by atoms with E-state index in [1.54, 1.807) is 7.05 Å². The summed E-state index contributed by atoms with van der Waals surface area (Å²) in [6.07, 6.45) is 1.19. The van der Waals surface area contributed by atoms with Crippen LogP contribution in [-0.4, -0.2) is 46.4 Å². The summed E-state index contributed by atoms with van der Waals surface area (Å²) in [5, 5.41) is 12.9. The fourth-order valence-corrected chi connectivity index (χ4v) is 2.14. The second kappa shape index (κ2) is 4.71. The lowest BCUT2D eigenvalue weighted by Crippen LogP contribution is -2.29. The topological polar surface area (TPSA) is 102 Å². The number of esters is 1. The summed E-state index contributed by atoms with van der Waals surface area (Å²) in [5.41, 5.74) is -0.0682. The molecule has 19 heavy (non-hydrogen) atoms. The summed E-state index contributed by atoms with van der Waals surface area (Å²) in [7, 11) is 2.79. The van der Waals surface area contributed by atoms with Crippen molar-refractivity contribution in [3.63, 3.8) is 0 Å². The maximum Gasteiger partial charge on any atom is 0.341 e. The van der Waals surface area contributed by atoms with Crippen LogP contribution in [-0.2, 0) is 21.4 Å². The van der Waals surface area contributed by atoms with E-state index in [2.05, 4.69) is 9.84 Å². The lowest BCUT2D eigenvalue weighted by molar-refractivity contribution is -0.145. The third kappa shape index (κ3) is 2.16. The molecular formula is C11H13N3O5. The van der Waals surface area contributed by atoms with Gasteiger partial charge in [0.15, 0.2) is 0 Å². The summed E-state index contributed by atoms with van der Waals surface area (Å²) >= 11 is 0. The van der Waals surface area contributed by atoms with Crippen molar-refractivity contribution in [2.24, 2.45) is 13.0 Å². The smallest absolute Gasteiger partial charge is 0.341 e. The Kier molecular flexibility index (Phi) is 3.24. The van der Waals surface area contributed by atoms with Gasteiger partial charge < -0.3 is 9.84 Å². The number of nitrogens with zero attached hydrogens (tertiary/aromatic N) is 3. The first-order valence-electron chi connectivity index (χ1n) is 5.59. The molecule has 2 rings (SSSR count). The van der Waals surface area contributed by atoms with Gasteiger partial charge in [0.2, 0.25) is 5.91 Å². The predicted octanol–water partition coefficient (Wildman–Crippen LogP) is -0.356. The van der Waals surface area contributed by atoms with Gasteiger partial charge in [-0.3, -0.25) is 19.2 Å². The minimum atomic E-state index is -1.17. The van der Waals surface area contributed by atoms with Crippen LogP contribution in [0.3, 0.4) is 0 Å². The van der Waals surface area contributed by atoms with E-state index in [1.807, 2.05) is 0 Å². The van der Waals surface area contributed by atoms with Gasteiger partial charge in [0, 0.05) is 20.0 Å². The Morgan fingerprint density at radius 1 is 1.53 bits per heavy atom. The number of ether oxygens (including phenoxy) is 1.